The standard InChI is InChI=1S/C13H11F2N/c1-16-11-6-7-13(15)12(8-11)9-2-4-10(14)5-3-9/h2-8,16H,1H3. The van der Waals surface area contributed by atoms with Crippen LogP contribution >= 0.6 is 0 Å². The van der Waals surface area contributed by atoms with E-state index in [0.29, 0.717) is 11.1 Å². The summed E-state index contributed by atoms with van der Waals surface area (Å²) in [4.78, 5) is 0. The summed E-state index contributed by atoms with van der Waals surface area (Å²) < 4.78 is 26.3. The summed E-state index contributed by atoms with van der Waals surface area (Å²) in [6.45, 7) is 0. The first kappa shape index (κ1) is 10.6. The molecule has 1 nitrogen and oxygen atoms in total. The van der Waals surface area contributed by atoms with Crippen LogP contribution in [0.2, 0.25) is 0 Å². The molecular formula is C13H11F2N. The molecular weight excluding hydrogens is 208 g/mol. The van der Waals surface area contributed by atoms with Crippen LogP contribution < -0.4 is 5.32 Å². The molecule has 0 fully saturated rings. The molecule has 0 saturated heterocycles. The molecule has 0 aromatic heterocycles. The molecule has 0 atom stereocenters. The van der Waals surface area contributed by atoms with Crippen molar-refractivity contribution < 1.29 is 8.78 Å². The Bertz CT molecular complexity index is 492. The maximum atomic E-state index is 13.6. The summed E-state index contributed by atoms with van der Waals surface area (Å²) in [7, 11) is 1.77. The zero-order chi connectivity index (χ0) is 11.5. The summed E-state index contributed by atoms with van der Waals surface area (Å²) in [6, 6.07) is 10.5. The van der Waals surface area contributed by atoms with E-state index in [1.54, 1.807) is 31.3 Å². The van der Waals surface area contributed by atoms with E-state index in [-0.39, 0.29) is 11.6 Å². The van der Waals surface area contributed by atoms with Crippen LogP contribution in [0.3, 0.4) is 0 Å². The molecule has 0 aliphatic heterocycles. The van der Waals surface area contributed by atoms with Crippen LogP contribution in [0, 0.1) is 11.6 Å². The highest BCUT2D eigenvalue weighted by Gasteiger charge is 2.05. The lowest BCUT2D eigenvalue weighted by molar-refractivity contribution is 0.626. The first-order valence-corrected chi connectivity index (χ1v) is 4.94. The van der Waals surface area contributed by atoms with Gasteiger partial charge in [0.2, 0.25) is 0 Å². The van der Waals surface area contributed by atoms with E-state index < -0.39 is 0 Å². The normalized spacial score (nSPS) is 10.2. The van der Waals surface area contributed by atoms with Crippen molar-refractivity contribution in [2.45, 2.75) is 0 Å². The summed E-state index contributed by atoms with van der Waals surface area (Å²) in [5, 5.41) is 2.93. The van der Waals surface area contributed by atoms with Crippen LogP contribution in [0.1, 0.15) is 0 Å². The lowest BCUT2D eigenvalue weighted by Gasteiger charge is -2.06. The Morgan fingerprint density at radius 1 is 0.938 bits per heavy atom. The van der Waals surface area contributed by atoms with Gasteiger partial charge in [0.25, 0.3) is 0 Å². The topological polar surface area (TPSA) is 12.0 Å². The fourth-order valence-electron chi connectivity index (χ4n) is 1.53. The molecule has 0 aliphatic rings. The van der Waals surface area contributed by atoms with Gasteiger partial charge in [0, 0.05) is 18.3 Å². The number of hydrogen-bond acceptors (Lipinski definition) is 1. The average molecular weight is 219 g/mol. The largest absolute Gasteiger partial charge is 0.388 e. The molecule has 0 spiro atoms. The molecule has 0 saturated carbocycles. The van der Waals surface area contributed by atoms with Crippen molar-refractivity contribution in [1.29, 1.82) is 0 Å². The maximum absolute atomic E-state index is 13.6. The zero-order valence-electron chi connectivity index (χ0n) is 8.80. The molecule has 2 rings (SSSR count). The molecule has 1 N–H and O–H groups in total. The highest BCUT2D eigenvalue weighted by atomic mass is 19.1. The van der Waals surface area contributed by atoms with Gasteiger partial charge in [-0.1, -0.05) is 12.1 Å². The summed E-state index contributed by atoms with van der Waals surface area (Å²) in [5.41, 5.74) is 1.95. The van der Waals surface area contributed by atoms with Gasteiger partial charge < -0.3 is 5.32 Å². The first-order chi connectivity index (χ1) is 7.70. The number of rotatable bonds is 2. The lowest BCUT2D eigenvalue weighted by Crippen LogP contribution is -1.91. The van der Waals surface area contributed by atoms with Crippen LogP contribution in [0.4, 0.5) is 14.5 Å². The van der Waals surface area contributed by atoms with E-state index in [4.69, 9.17) is 0 Å². The number of hydrogen-bond donors (Lipinski definition) is 1. The van der Waals surface area contributed by atoms with E-state index >= 15 is 0 Å². The molecule has 0 unspecified atom stereocenters. The van der Waals surface area contributed by atoms with Crippen molar-refractivity contribution in [3.05, 3.63) is 54.1 Å². The van der Waals surface area contributed by atoms with E-state index in [1.165, 1.54) is 18.2 Å². The van der Waals surface area contributed by atoms with Gasteiger partial charge in [0.05, 0.1) is 0 Å². The summed E-state index contributed by atoms with van der Waals surface area (Å²) in [5.74, 6) is -0.639. The van der Waals surface area contributed by atoms with Crippen molar-refractivity contribution in [3.63, 3.8) is 0 Å². The molecule has 82 valence electrons. The number of nitrogens with one attached hydrogen (secondary N) is 1. The second kappa shape index (κ2) is 4.31. The van der Waals surface area contributed by atoms with Crippen molar-refractivity contribution in [1.82, 2.24) is 0 Å². The molecule has 2 aromatic carbocycles. The van der Waals surface area contributed by atoms with Gasteiger partial charge in [0.1, 0.15) is 11.6 Å². The Morgan fingerprint density at radius 2 is 1.62 bits per heavy atom. The average Bonchev–Trinajstić information content (AvgIpc) is 2.31. The highest BCUT2D eigenvalue weighted by Crippen LogP contribution is 2.25. The minimum atomic E-state index is -0.325. The third kappa shape index (κ3) is 2.03. The van der Waals surface area contributed by atoms with E-state index in [9.17, 15) is 8.78 Å². The van der Waals surface area contributed by atoms with Crippen molar-refractivity contribution in [3.8, 4) is 11.1 Å². The fraction of sp³-hybridized carbons (Fsp3) is 0.0769. The first-order valence-electron chi connectivity index (χ1n) is 4.94. The molecule has 2 aromatic rings. The molecule has 0 bridgehead atoms. The molecule has 0 amide bonds. The van der Waals surface area contributed by atoms with Gasteiger partial charge in [-0.25, -0.2) is 8.78 Å². The Balaban J connectivity index is 2.50. The van der Waals surface area contributed by atoms with Crippen molar-refractivity contribution >= 4 is 5.69 Å². The van der Waals surface area contributed by atoms with Crippen LogP contribution in [0.15, 0.2) is 42.5 Å². The van der Waals surface area contributed by atoms with Gasteiger partial charge in [-0.2, -0.15) is 0 Å². The van der Waals surface area contributed by atoms with Gasteiger partial charge in [0.15, 0.2) is 0 Å². The molecule has 3 heteroatoms. The van der Waals surface area contributed by atoms with Crippen LogP contribution in [-0.2, 0) is 0 Å². The SMILES string of the molecule is CNc1ccc(F)c(-c2ccc(F)cc2)c1. The van der Waals surface area contributed by atoms with Gasteiger partial charge in [-0.05, 0) is 35.9 Å². The third-order valence-corrected chi connectivity index (χ3v) is 2.41. The lowest BCUT2D eigenvalue weighted by atomic mass is 10.0. The smallest absolute Gasteiger partial charge is 0.131 e. The highest BCUT2D eigenvalue weighted by molar-refractivity contribution is 5.68. The summed E-state index contributed by atoms with van der Waals surface area (Å²) >= 11 is 0. The second-order valence-electron chi connectivity index (χ2n) is 3.45. The Labute approximate surface area is 92.7 Å². The molecule has 0 heterocycles. The van der Waals surface area contributed by atoms with Crippen molar-refractivity contribution in [2.75, 3.05) is 12.4 Å². The number of anilines is 1. The quantitative estimate of drug-likeness (QED) is 0.812. The Hall–Kier alpha value is -1.90. The van der Waals surface area contributed by atoms with Crippen LogP contribution in [0.25, 0.3) is 11.1 Å². The van der Waals surface area contributed by atoms with E-state index in [0.717, 1.165) is 5.69 Å². The predicted molar refractivity (Wildman–Crippen MR) is 61.3 cm³/mol. The third-order valence-electron chi connectivity index (χ3n) is 2.41. The molecule has 0 aliphatic carbocycles. The van der Waals surface area contributed by atoms with Gasteiger partial charge >= 0.3 is 0 Å². The molecule has 0 radical (unpaired) electrons. The Kier molecular flexibility index (Phi) is 2.86. The second-order valence-corrected chi connectivity index (χ2v) is 3.45. The number of halogens is 2. The maximum Gasteiger partial charge on any atom is 0.131 e. The monoisotopic (exact) mass is 219 g/mol. The minimum absolute atomic E-state index is 0.314. The fourth-order valence-corrected chi connectivity index (χ4v) is 1.53. The molecule has 16 heavy (non-hydrogen) atoms. The van der Waals surface area contributed by atoms with E-state index in [2.05, 4.69) is 5.32 Å². The Morgan fingerprint density at radius 3 is 2.25 bits per heavy atom. The van der Waals surface area contributed by atoms with Crippen LogP contribution in [0.5, 0.6) is 0 Å². The van der Waals surface area contributed by atoms with Gasteiger partial charge in [-0.15, -0.1) is 0 Å². The minimum Gasteiger partial charge on any atom is -0.388 e. The number of benzene rings is 2. The predicted octanol–water partition coefficient (Wildman–Crippen LogP) is 3.67. The van der Waals surface area contributed by atoms with Crippen LogP contribution in [-0.4, -0.2) is 7.05 Å². The van der Waals surface area contributed by atoms with Gasteiger partial charge in [-0.3, -0.25) is 0 Å². The van der Waals surface area contributed by atoms with E-state index in [1.807, 2.05) is 0 Å². The zero-order valence-corrected chi connectivity index (χ0v) is 8.80. The van der Waals surface area contributed by atoms with Crippen molar-refractivity contribution in [2.24, 2.45) is 0 Å². The summed E-state index contributed by atoms with van der Waals surface area (Å²) in [6.07, 6.45) is 0.